The predicted octanol–water partition coefficient (Wildman–Crippen LogP) is 2.84. The summed E-state index contributed by atoms with van der Waals surface area (Å²) in [7, 11) is 0. The summed E-state index contributed by atoms with van der Waals surface area (Å²) in [6.07, 6.45) is 1.40. The number of hydrogen-bond acceptors (Lipinski definition) is 5. The third-order valence-electron chi connectivity index (χ3n) is 5.15. The van der Waals surface area contributed by atoms with E-state index < -0.39 is 28.7 Å². The summed E-state index contributed by atoms with van der Waals surface area (Å²) >= 11 is 6.20. The van der Waals surface area contributed by atoms with Gasteiger partial charge in [0.25, 0.3) is 5.56 Å². The molecule has 2 unspecified atom stereocenters. The molecule has 0 saturated carbocycles. The lowest BCUT2D eigenvalue weighted by Crippen LogP contribution is -2.60. The first-order valence-electron chi connectivity index (χ1n) is 8.62. The van der Waals surface area contributed by atoms with Gasteiger partial charge in [-0.3, -0.25) is 9.59 Å². The zero-order valence-electron chi connectivity index (χ0n) is 15.9. The molecule has 28 heavy (non-hydrogen) atoms. The number of nitrogens with one attached hydrogen (secondary N) is 1. The van der Waals surface area contributed by atoms with Gasteiger partial charge in [0.1, 0.15) is 22.6 Å². The van der Waals surface area contributed by atoms with Crippen molar-refractivity contribution >= 4 is 23.2 Å². The van der Waals surface area contributed by atoms with Gasteiger partial charge >= 0.3 is 0 Å². The summed E-state index contributed by atoms with van der Waals surface area (Å²) in [5.74, 6) is 0.0330. The molecule has 1 amide bonds. The second kappa shape index (κ2) is 6.66. The fourth-order valence-corrected chi connectivity index (χ4v) is 3.61. The molecule has 2 N–H and O–H groups in total. The van der Waals surface area contributed by atoms with Gasteiger partial charge in [0.05, 0.1) is 22.7 Å². The molecule has 8 heteroatoms. The van der Waals surface area contributed by atoms with E-state index in [4.69, 9.17) is 16.3 Å². The standard InChI is InChI=1S/C20H20ClN3O4/c1-11(25)23-15-8-13(21)10-24(18(15)26)17-14-7-12(9-22)5-6-16(14)28-19(2,3)20(17,4)27/h5-8,10,17,27H,1-4H3,(H,23,25). The monoisotopic (exact) mass is 401 g/mol. The fraction of sp³-hybridized carbons (Fsp3) is 0.350. The second-order valence-electron chi connectivity index (χ2n) is 7.49. The fourth-order valence-electron chi connectivity index (χ4n) is 3.39. The van der Waals surface area contributed by atoms with Gasteiger partial charge in [-0.05, 0) is 45.0 Å². The van der Waals surface area contributed by atoms with Crippen LogP contribution < -0.4 is 15.6 Å². The van der Waals surface area contributed by atoms with E-state index in [2.05, 4.69) is 11.4 Å². The van der Waals surface area contributed by atoms with Crippen molar-refractivity contribution in [2.45, 2.75) is 44.9 Å². The zero-order chi connectivity index (χ0) is 20.9. The topological polar surface area (TPSA) is 104 Å². The van der Waals surface area contributed by atoms with Crippen molar-refractivity contribution in [2.24, 2.45) is 0 Å². The number of aromatic nitrogens is 1. The number of amides is 1. The van der Waals surface area contributed by atoms with Crippen LogP contribution in [0.3, 0.4) is 0 Å². The normalized spacial score (nSPS) is 22.5. The molecule has 2 atom stereocenters. The maximum atomic E-state index is 13.1. The lowest BCUT2D eigenvalue weighted by atomic mass is 9.75. The Kier molecular flexibility index (Phi) is 4.74. The number of carbonyl (C=O) groups is 1. The molecule has 2 heterocycles. The second-order valence-corrected chi connectivity index (χ2v) is 7.93. The van der Waals surface area contributed by atoms with E-state index in [1.165, 1.54) is 23.8 Å². The van der Waals surface area contributed by atoms with Crippen LogP contribution in [0.15, 0.2) is 35.3 Å². The van der Waals surface area contributed by atoms with Crippen molar-refractivity contribution in [3.8, 4) is 11.8 Å². The molecule has 7 nitrogen and oxygen atoms in total. The number of nitriles is 1. The molecule has 1 aliphatic heterocycles. The molecule has 0 spiro atoms. The first-order chi connectivity index (χ1) is 13.0. The number of halogens is 1. The molecule has 3 rings (SSSR count). The Labute approximate surface area is 167 Å². The van der Waals surface area contributed by atoms with Crippen LogP contribution in [-0.4, -0.2) is 26.8 Å². The number of rotatable bonds is 2. The third kappa shape index (κ3) is 3.15. The molecule has 0 radical (unpaired) electrons. The minimum atomic E-state index is -1.55. The minimum absolute atomic E-state index is 0.00177. The minimum Gasteiger partial charge on any atom is -0.484 e. The quantitative estimate of drug-likeness (QED) is 0.805. The van der Waals surface area contributed by atoms with Gasteiger partial charge in [-0.1, -0.05) is 11.6 Å². The third-order valence-corrected chi connectivity index (χ3v) is 5.36. The number of aliphatic hydroxyl groups is 1. The molecular weight excluding hydrogens is 382 g/mol. The maximum absolute atomic E-state index is 13.1. The number of benzene rings is 1. The van der Waals surface area contributed by atoms with Gasteiger partial charge < -0.3 is 19.7 Å². The Morgan fingerprint density at radius 2 is 2.04 bits per heavy atom. The summed E-state index contributed by atoms with van der Waals surface area (Å²) in [5, 5.41) is 23.4. The number of pyridine rings is 1. The number of hydrogen-bond donors (Lipinski definition) is 2. The number of nitrogens with zero attached hydrogens (tertiary/aromatic N) is 2. The van der Waals surface area contributed by atoms with Crippen molar-refractivity contribution < 1.29 is 14.6 Å². The Morgan fingerprint density at radius 3 is 2.64 bits per heavy atom. The van der Waals surface area contributed by atoms with Crippen LogP contribution in [0.1, 0.15) is 44.9 Å². The first-order valence-corrected chi connectivity index (χ1v) is 9.00. The van der Waals surface area contributed by atoms with Crippen molar-refractivity contribution in [1.82, 2.24) is 4.57 Å². The smallest absolute Gasteiger partial charge is 0.275 e. The Morgan fingerprint density at radius 1 is 1.36 bits per heavy atom. The van der Waals surface area contributed by atoms with Crippen LogP contribution in [0.2, 0.25) is 5.02 Å². The molecule has 1 aromatic heterocycles. The Balaban J connectivity index is 2.34. The molecule has 0 bridgehead atoms. The zero-order valence-corrected chi connectivity index (χ0v) is 16.7. The van der Waals surface area contributed by atoms with Gasteiger partial charge in [-0.15, -0.1) is 0 Å². The van der Waals surface area contributed by atoms with Gasteiger partial charge in [-0.2, -0.15) is 5.26 Å². The van der Waals surface area contributed by atoms with E-state index in [1.54, 1.807) is 39.0 Å². The number of fused-ring (bicyclic) bond motifs is 1. The molecule has 2 aromatic rings. The lowest BCUT2D eigenvalue weighted by Gasteiger charge is -2.50. The van der Waals surface area contributed by atoms with Crippen LogP contribution in [0, 0.1) is 11.3 Å². The van der Waals surface area contributed by atoms with E-state index in [0.29, 0.717) is 16.9 Å². The lowest BCUT2D eigenvalue weighted by molar-refractivity contribution is -0.139. The predicted molar refractivity (Wildman–Crippen MR) is 105 cm³/mol. The molecular formula is C20H20ClN3O4. The number of carbonyl (C=O) groups excluding carboxylic acids is 1. The van der Waals surface area contributed by atoms with E-state index in [1.807, 2.05) is 0 Å². The summed E-state index contributed by atoms with van der Waals surface area (Å²) in [6, 6.07) is 7.33. The number of ether oxygens (including phenoxy) is 1. The van der Waals surface area contributed by atoms with E-state index in [9.17, 15) is 20.0 Å². The van der Waals surface area contributed by atoms with E-state index in [-0.39, 0.29) is 10.7 Å². The van der Waals surface area contributed by atoms with Gasteiger partial charge in [0.15, 0.2) is 0 Å². The molecule has 0 aliphatic carbocycles. The van der Waals surface area contributed by atoms with Crippen molar-refractivity contribution in [3.63, 3.8) is 0 Å². The average molecular weight is 402 g/mol. The highest BCUT2D eigenvalue weighted by Gasteiger charge is 2.53. The van der Waals surface area contributed by atoms with Crippen LogP contribution >= 0.6 is 11.6 Å². The SMILES string of the molecule is CC(=O)Nc1cc(Cl)cn(C2c3cc(C#N)ccc3OC(C)(C)C2(C)O)c1=O. The van der Waals surface area contributed by atoms with Crippen LogP contribution in [0.25, 0.3) is 0 Å². The van der Waals surface area contributed by atoms with Crippen molar-refractivity contribution in [2.75, 3.05) is 5.32 Å². The van der Waals surface area contributed by atoms with Gasteiger partial charge in [0.2, 0.25) is 5.91 Å². The Hall–Kier alpha value is -2.82. The summed E-state index contributed by atoms with van der Waals surface area (Å²) in [6.45, 7) is 6.27. The van der Waals surface area contributed by atoms with Crippen molar-refractivity contribution in [1.29, 1.82) is 5.26 Å². The molecule has 1 aliphatic rings. The summed E-state index contributed by atoms with van der Waals surface area (Å²) < 4.78 is 7.25. The van der Waals surface area contributed by atoms with Crippen molar-refractivity contribution in [3.05, 3.63) is 57.0 Å². The first kappa shape index (κ1) is 19.9. The van der Waals surface area contributed by atoms with Gasteiger partial charge in [0, 0.05) is 18.7 Å². The summed E-state index contributed by atoms with van der Waals surface area (Å²) in [4.78, 5) is 24.6. The van der Waals surface area contributed by atoms with Crippen LogP contribution in [0.4, 0.5) is 5.69 Å². The molecule has 1 aromatic carbocycles. The van der Waals surface area contributed by atoms with Crippen LogP contribution in [-0.2, 0) is 4.79 Å². The summed E-state index contributed by atoms with van der Waals surface area (Å²) in [5.41, 5.74) is -2.30. The van der Waals surface area contributed by atoms with Gasteiger partial charge in [-0.25, -0.2) is 0 Å². The Bertz CT molecular complexity index is 1070. The maximum Gasteiger partial charge on any atom is 0.275 e. The molecule has 0 saturated heterocycles. The van der Waals surface area contributed by atoms with E-state index in [0.717, 1.165) is 0 Å². The highest BCUT2D eigenvalue weighted by molar-refractivity contribution is 6.30. The molecule has 0 fully saturated rings. The van der Waals surface area contributed by atoms with Crippen LogP contribution in [0.5, 0.6) is 5.75 Å². The average Bonchev–Trinajstić information content (AvgIpc) is 2.58. The largest absolute Gasteiger partial charge is 0.484 e. The highest BCUT2D eigenvalue weighted by Crippen LogP contribution is 2.48. The van der Waals surface area contributed by atoms with E-state index >= 15 is 0 Å². The number of anilines is 1. The highest BCUT2D eigenvalue weighted by atomic mass is 35.5. The molecule has 146 valence electrons.